The van der Waals surface area contributed by atoms with E-state index in [1.807, 2.05) is 0 Å². The van der Waals surface area contributed by atoms with Crippen molar-refractivity contribution in [1.82, 2.24) is 0 Å². The molecule has 1 rings (SSSR count). The fraction of sp³-hybridized carbons (Fsp3) is 0.857. The minimum atomic E-state index is -5.68. The van der Waals surface area contributed by atoms with Gasteiger partial charge in [0.2, 0.25) is 0 Å². The lowest BCUT2D eigenvalue weighted by Crippen LogP contribution is -2.56. The highest BCUT2D eigenvalue weighted by Gasteiger charge is 2.69. The summed E-state index contributed by atoms with van der Waals surface area (Å²) >= 11 is 0. The van der Waals surface area contributed by atoms with Crippen molar-refractivity contribution in [2.24, 2.45) is 4.99 Å². The first kappa shape index (κ1) is 15.9. The van der Waals surface area contributed by atoms with Gasteiger partial charge in [0.25, 0.3) is 5.90 Å². The van der Waals surface area contributed by atoms with Crippen LogP contribution in [-0.2, 0) is 9.47 Å². The van der Waals surface area contributed by atoms with Gasteiger partial charge >= 0.3 is 24.4 Å². The summed E-state index contributed by atoms with van der Waals surface area (Å²) in [7, 11) is 0. The van der Waals surface area contributed by atoms with E-state index in [9.17, 15) is 39.5 Å². The Kier molecular flexibility index (Phi) is 3.46. The van der Waals surface area contributed by atoms with Crippen LogP contribution in [-0.4, -0.2) is 36.4 Å². The Morgan fingerprint density at radius 3 is 2.00 bits per heavy atom. The molecule has 1 aliphatic rings. The molecule has 1 aliphatic heterocycles. The van der Waals surface area contributed by atoms with Gasteiger partial charge in [-0.05, 0) is 6.92 Å². The van der Waals surface area contributed by atoms with Crippen molar-refractivity contribution in [3.05, 3.63) is 0 Å². The number of aliphatic imine (C=N–C) groups is 1. The quantitative estimate of drug-likeness (QED) is 0.550. The van der Waals surface area contributed by atoms with Gasteiger partial charge in [0, 0.05) is 0 Å². The van der Waals surface area contributed by atoms with Crippen LogP contribution in [0.5, 0.6) is 0 Å². The SMILES string of the molecule is CC(OC1=NC(F)(F)C(F)(F)OC1(F)F)C(F)(F)F. The largest absolute Gasteiger partial charge is 0.462 e. The summed E-state index contributed by atoms with van der Waals surface area (Å²) in [6.07, 6.45) is -19.0. The van der Waals surface area contributed by atoms with Crippen molar-refractivity contribution in [3.8, 4) is 0 Å². The Bertz CT molecular complexity index is 389. The molecule has 0 spiro atoms. The molecular formula is C7H4F9NO2. The van der Waals surface area contributed by atoms with Crippen LogP contribution in [0.25, 0.3) is 0 Å². The number of rotatable bonds is 1. The fourth-order valence-electron chi connectivity index (χ4n) is 0.853. The predicted octanol–water partition coefficient (Wildman–Crippen LogP) is 3.16. The average Bonchev–Trinajstić information content (AvgIpc) is 2.10. The Morgan fingerprint density at radius 2 is 1.58 bits per heavy atom. The molecule has 0 fully saturated rings. The monoisotopic (exact) mass is 305 g/mol. The smallest absolute Gasteiger partial charge is 0.447 e. The van der Waals surface area contributed by atoms with E-state index < -0.39 is 36.4 Å². The summed E-state index contributed by atoms with van der Waals surface area (Å²) in [5.41, 5.74) is 0. The molecule has 3 nitrogen and oxygen atoms in total. The molecule has 0 bridgehead atoms. The number of nitrogens with zero attached hydrogens (tertiary/aromatic N) is 1. The van der Waals surface area contributed by atoms with E-state index in [1.165, 1.54) is 4.99 Å². The van der Waals surface area contributed by atoms with Crippen LogP contribution in [0.1, 0.15) is 6.92 Å². The van der Waals surface area contributed by atoms with E-state index in [2.05, 4.69) is 9.47 Å². The summed E-state index contributed by atoms with van der Waals surface area (Å²) in [5.74, 6) is -2.58. The second kappa shape index (κ2) is 4.15. The Morgan fingerprint density at radius 1 is 1.11 bits per heavy atom. The first-order valence-electron chi connectivity index (χ1n) is 4.36. The van der Waals surface area contributed by atoms with Crippen LogP contribution in [0.4, 0.5) is 39.5 Å². The maximum Gasteiger partial charge on any atom is 0.447 e. The molecule has 0 aromatic rings. The van der Waals surface area contributed by atoms with Crippen LogP contribution in [0.3, 0.4) is 0 Å². The second-order valence-corrected chi connectivity index (χ2v) is 3.40. The fourth-order valence-corrected chi connectivity index (χ4v) is 0.853. The number of hydrogen-bond donors (Lipinski definition) is 0. The van der Waals surface area contributed by atoms with Gasteiger partial charge in [0.1, 0.15) is 0 Å². The molecule has 0 N–H and O–H groups in total. The zero-order chi connectivity index (χ0) is 15.3. The summed E-state index contributed by atoms with van der Waals surface area (Å²) in [4.78, 5) is 1.51. The van der Waals surface area contributed by atoms with E-state index in [0.717, 1.165) is 0 Å². The average molecular weight is 305 g/mol. The molecule has 0 saturated carbocycles. The molecule has 12 heteroatoms. The Balaban J connectivity index is 3.09. The molecule has 1 unspecified atom stereocenters. The lowest BCUT2D eigenvalue weighted by atomic mass is 10.4. The molecule has 0 saturated heterocycles. The van der Waals surface area contributed by atoms with E-state index >= 15 is 0 Å². The number of hydrogen-bond acceptors (Lipinski definition) is 3. The van der Waals surface area contributed by atoms with E-state index in [4.69, 9.17) is 0 Å². The van der Waals surface area contributed by atoms with E-state index in [0.29, 0.717) is 0 Å². The lowest BCUT2D eigenvalue weighted by molar-refractivity contribution is -0.424. The van der Waals surface area contributed by atoms with Crippen LogP contribution < -0.4 is 0 Å². The van der Waals surface area contributed by atoms with Crippen LogP contribution in [0, 0.1) is 0 Å². The topological polar surface area (TPSA) is 30.8 Å². The molecule has 0 aromatic carbocycles. The van der Waals surface area contributed by atoms with Gasteiger partial charge in [-0.1, -0.05) is 0 Å². The molecule has 0 aromatic heterocycles. The van der Waals surface area contributed by atoms with Crippen molar-refractivity contribution in [1.29, 1.82) is 0 Å². The summed E-state index contributed by atoms with van der Waals surface area (Å²) < 4.78 is 117. The first-order valence-corrected chi connectivity index (χ1v) is 4.36. The van der Waals surface area contributed by atoms with Crippen molar-refractivity contribution in [2.45, 2.75) is 37.5 Å². The van der Waals surface area contributed by atoms with Crippen molar-refractivity contribution in [3.63, 3.8) is 0 Å². The van der Waals surface area contributed by atoms with Gasteiger partial charge in [0.05, 0.1) is 0 Å². The van der Waals surface area contributed by atoms with Crippen molar-refractivity contribution in [2.75, 3.05) is 0 Å². The maximum absolute atomic E-state index is 12.8. The third-order valence-electron chi connectivity index (χ3n) is 1.85. The molecule has 0 amide bonds. The normalized spacial score (nSPS) is 26.5. The number of halogens is 9. The number of ether oxygens (including phenoxy) is 2. The Labute approximate surface area is 98.5 Å². The van der Waals surface area contributed by atoms with Gasteiger partial charge in [0.15, 0.2) is 6.10 Å². The van der Waals surface area contributed by atoms with Gasteiger partial charge in [-0.3, -0.25) is 0 Å². The van der Waals surface area contributed by atoms with Crippen LogP contribution in [0.2, 0.25) is 0 Å². The van der Waals surface area contributed by atoms with Crippen LogP contribution >= 0.6 is 0 Å². The van der Waals surface area contributed by atoms with Gasteiger partial charge in [-0.2, -0.15) is 44.5 Å². The van der Waals surface area contributed by atoms with E-state index in [-0.39, 0.29) is 6.92 Å². The zero-order valence-corrected chi connectivity index (χ0v) is 8.74. The second-order valence-electron chi connectivity index (χ2n) is 3.40. The van der Waals surface area contributed by atoms with Crippen molar-refractivity contribution < 1.29 is 49.0 Å². The molecule has 19 heavy (non-hydrogen) atoms. The van der Waals surface area contributed by atoms with Crippen molar-refractivity contribution >= 4 is 5.90 Å². The third kappa shape index (κ3) is 3.04. The zero-order valence-electron chi connectivity index (χ0n) is 8.74. The number of alkyl halides is 9. The Hall–Kier alpha value is -1.20. The molecule has 1 atom stereocenters. The minimum Gasteiger partial charge on any atom is -0.462 e. The highest BCUT2D eigenvalue weighted by molar-refractivity contribution is 5.83. The van der Waals surface area contributed by atoms with Gasteiger partial charge in [-0.25, -0.2) is 4.74 Å². The first-order chi connectivity index (χ1) is 8.19. The van der Waals surface area contributed by atoms with E-state index in [1.54, 1.807) is 0 Å². The maximum atomic E-state index is 12.8. The predicted molar refractivity (Wildman–Crippen MR) is 40.0 cm³/mol. The highest BCUT2D eigenvalue weighted by atomic mass is 19.4. The lowest BCUT2D eigenvalue weighted by Gasteiger charge is -2.33. The highest BCUT2D eigenvalue weighted by Crippen LogP contribution is 2.45. The van der Waals surface area contributed by atoms with Gasteiger partial charge < -0.3 is 4.74 Å². The standard InChI is InChI=1S/C7H4F9NO2/c1-2(4(8,9)10)18-3-5(11,12)19-7(15,16)6(13,14)17-3/h2H,1H3. The molecular weight excluding hydrogens is 301 g/mol. The molecule has 112 valence electrons. The molecule has 1 heterocycles. The third-order valence-corrected chi connectivity index (χ3v) is 1.85. The minimum absolute atomic E-state index is 0.198. The molecule has 0 radical (unpaired) electrons. The summed E-state index contributed by atoms with van der Waals surface area (Å²) in [6.45, 7) is 0.198. The summed E-state index contributed by atoms with van der Waals surface area (Å²) in [6, 6.07) is -5.48. The summed E-state index contributed by atoms with van der Waals surface area (Å²) in [5, 5.41) is 0. The molecule has 0 aliphatic carbocycles. The van der Waals surface area contributed by atoms with Crippen LogP contribution in [0.15, 0.2) is 4.99 Å². The van der Waals surface area contributed by atoms with Gasteiger partial charge in [-0.15, -0.1) is 0 Å².